The average molecular weight is 287 g/mol. The Morgan fingerprint density at radius 1 is 1.50 bits per heavy atom. The van der Waals surface area contributed by atoms with Crippen molar-refractivity contribution in [1.82, 2.24) is 9.59 Å². The van der Waals surface area contributed by atoms with Crippen LogP contribution >= 0.6 is 11.5 Å². The summed E-state index contributed by atoms with van der Waals surface area (Å²) < 4.78 is 3.66. The highest BCUT2D eigenvalue weighted by Crippen LogP contribution is 2.17. The number of aryl methyl sites for hydroxylation is 1. The predicted octanol–water partition coefficient (Wildman–Crippen LogP) is 1.83. The number of benzene rings is 1. The molecule has 0 unspecified atom stereocenters. The first-order chi connectivity index (χ1) is 9.70. The second-order valence-electron chi connectivity index (χ2n) is 4.05. The summed E-state index contributed by atoms with van der Waals surface area (Å²) in [6, 6.07) is 5.56. The molecule has 2 aromatic rings. The lowest BCUT2D eigenvalue weighted by molar-refractivity contribution is 0.102. The van der Waals surface area contributed by atoms with Crippen LogP contribution in [-0.4, -0.2) is 27.2 Å². The van der Waals surface area contributed by atoms with Crippen molar-refractivity contribution in [1.29, 1.82) is 0 Å². The molecule has 1 aromatic heterocycles. The number of anilines is 1. The Bertz CT molecular complexity index is 657. The van der Waals surface area contributed by atoms with Crippen molar-refractivity contribution in [2.24, 2.45) is 0 Å². The van der Waals surface area contributed by atoms with E-state index in [0.717, 1.165) is 22.7 Å². The number of hydrogen-bond acceptors (Lipinski definition) is 5. The van der Waals surface area contributed by atoms with Crippen LogP contribution in [0.2, 0.25) is 0 Å². The minimum atomic E-state index is -0.290. The molecule has 2 N–H and O–H groups in total. The van der Waals surface area contributed by atoms with Gasteiger partial charge < -0.3 is 10.4 Å². The predicted molar refractivity (Wildman–Crippen MR) is 77.6 cm³/mol. The number of aliphatic hydroxyl groups is 1. The van der Waals surface area contributed by atoms with Crippen molar-refractivity contribution < 1.29 is 9.90 Å². The van der Waals surface area contributed by atoms with Gasteiger partial charge in [0, 0.05) is 23.1 Å². The van der Waals surface area contributed by atoms with E-state index in [-0.39, 0.29) is 12.5 Å². The Morgan fingerprint density at radius 3 is 3.05 bits per heavy atom. The monoisotopic (exact) mass is 287 g/mol. The normalized spacial score (nSPS) is 9.70. The first-order valence-corrected chi connectivity index (χ1v) is 6.83. The topological polar surface area (TPSA) is 75.1 Å². The molecule has 0 radical (unpaired) electrons. The molecule has 0 saturated heterocycles. The van der Waals surface area contributed by atoms with E-state index in [9.17, 15) is 4.79 Å². The summed E-state index contributed by atoms with van der Waals surface area (Å²) in [5.41, 5.74) is 2.72. The summed E-state index contributed by atoms with van der Waals surface area (Å²) in [5.74, 6) is 5.49. The molecule has 0 fully saturated rings. The van der Waals surface area contributed by atoms with Crippen LogP contribution in [0.1, 0.15) is 28.0 Å². The number of carbonyl (C=O) groups is 1. The fourth-order valence-electron chi connectivity index (χ4n) is 1.50. The smallest absolute Gasteiger partial charge is 0.277 e. The van der Waals surface area contributed by atoms with E-state index in [1.807, 2.05) is 19.1 Å². The lowest BCUT2D eigenvalue weighted by Gasteiger charge is -2.07. The fourth-order valence-corrected chi connectivity index (χ4v) is 1.94. The van der Waals surface area contributed by atoms with E-state index < -0.39 is 0 Å². The second-order valence-corrected chi connectivity index (χ2v) is 4.66. The molecule has 0 atom stereocenters. The Morgan fingerprint density at radius 2 is 2.35 bits per heavy atom. The number of nitrogens with zero attached hydrogens (tertiary/aromatic N) is 2. The van der Waals surface area contributed by atoms with Crippen LogP contribution in [0.15, 0.2) is 23.6 Å². The second kappa shape index (κ2) is 6.80. The van der Waals surface area contributed by atoms with Gasteiger partial charge in [-0.05, 0) is 36.2 Å². The molecule has 2 rings (SSSR count). The molecule has 0 aliphatic heterocycles. The molecule has 20 heavy (non-hydrogen) atoms. The van der Waals surface area contributed by atoms with Crippen LogP contribution < -0.4 is 5.32 Å². The zero-order chi connectivity index (χ0) is 14.4. The van der Waals surface area contributed by atoms with Crippen LogP contribution in [-0.2, 0) is 0 Å². The van der Waals surface area contributed by atoms with E-state index in [4.69, 9.17) is 5.11 Å². The third-order valence-corrected chi connectivity index (χ3v) is 3.05. The van der Waals surface area contributed by atoms with Crippen LogP contribution in [0.3, 0.4) is 0 Å². The van der Waals surface area contributed by atoms with Gasteiger partial charge in [-0.1, -0.05) is 22.4 Å². The Kier molecular flexibility index (Phi) is 4.82. The van der Waals surface area contributed by atoms with Gasteiger partial charge in [-0.3, -0.25) is 4.79 Å². The fraction of sp³-hybridized carbons (Fsp3) is 0.214. The largest absolute Gasteiger partial charge is 0.395 e. The van der Waals surface area contributed by atoms with Gasteiger partial charge in [-0.15, -0.1) is 5.10 Å². The van der Waals surface area contributed by atoms with Gasteiger partial charge >= 0.3 is 0 Å². The maximum atomic E-state index is 11.9. The SMILES string of the molecule is Cc1ccc(C#CCCO)cc1NC(=O)c1csnn1. The van der Waals surface area contributed by atoms with Crippen molar-refractivity contribution in [3.63, 3.8) is 0 Å². The molecular formula is C14H13N3O2S. The lowest BCUT2D eigenvalue weighted by Crippen LogP contribution is -2.13. The standard InChI is InChI=1S/C14H13N3O2S/c1-10-5-6-11(4-2-3-7-18)8-12(10)15-14(19)13-9-20-17-16-13/h5-6,8-9,18H,3,7H2,1H3,(H,15,19). The number of nitrogens with one attached hydrogen (secondary N) is 1. The maximum Gasteiger partial charge on any atom is 0.277 e. The summed E-state index contributed by atoms with van der Waals surface area (Å²) in [6.45, 7) is 1.94. The summed E-state index contributed by atoms with van der Waals surface area (Å²) in [5, 5.41) is 16.8. The number of aliphatic hydroxyl groups excluding tert-OH is 1. The molecule has 1 amide bonds. The van der Waals surface area contributed by atoms with Gasteiger partial charge in [0.25, 0.3) is 5.91 Å². The Balaban J connectivity index is 2.17. The lowest BCUT2D eigenvalue weighted by atomic mass is 10.1. The van der Waals surface area contributed by atoms with Crippen molar-refractivity contribution in [2.75, 3.05) is 11.9 Å². The molecule has 102 valence electrons. The molecule has 0 aliphatic rings. The van der Waals surface area contributed by atoms with Crippen LogP contribution in [0.4, 0.5) is 5.69 Å². The van der Waals surface area contributed by atoms with E-state index in [2.05, 4.69) is 26.7 Å². The molecule has 1 heterocycles. The van der Waals surface area contributed by atoms with Crippen LogP contribution in [0.25, 0.3) is 0 Å². The van der Waals surface area contributed by atoms with Crippen LogP contribution in [0, 0.1) is 18.8 Å². The van der Waals surface area contributed by atoms with Gasteiger partial charge in [-0.25, -0.2) is 0 Å². The third kappa shape index (κ3) is 3.63. The van der Waals surface area contributed by atoms with Crippen LogP contribution in [0.5, 0.6) is 0 Å². The molecule has 0 spiro atoms. The minimum Gasteiger partial charge on any atom is -0.395 e. The summed E-state index contributed by atoms with van der Waals surface area (Å²) >= 11 is 1.13. The zero-order valence-electron chi connectivity index (χ0n) is 10.9. The summed E-state index contributed by atoms with van der Waals surface area (Å²) in [6.07, 6.45) is 0.431. The van der Waals surface area contributed by atoms with E-state index in [1.165, 1.54) is 0 Å². The van der Waals surface area contributed by atoms with Crippen molar-refractivity contribution >= 4 is 23.1 Å². The number of hydrogen-bond donors (Lipinski definition) is 2. The highest BCUT2D eigenvalue weighted by molar-refractivity contribution is 7.03. The van der Waals surface area contributed by atoms with E-state index in [1.54, 1.807) is 11.4 Å². The molecule has 0 bridgehead atoms. The van der Waals surface area contributed by atoms with E-state index in [0.29, 0.717) is 17.8 Å². The molecule has 1 aromatic carbocycles. The Labute approximate surface area is 120 Å². The molecule has 5 nitrogen and oxygen atoms in total. The van der Waals surface area contributed by atoms with Gasteiger partial charge in [-0.2, -0.15) is 0 Å². The zero-order valence-corrected chi connectivity index (χ0v) is 11.7. The van der Waals surface area contributed by atoms with Gasteiger partial charge in [0.15, 0.2) is 5.69 Å². The summed E-state index contributed by atoms with van der Waals surface area (Å²) in [4.78, 5) is 11.9. The highest BCUT2D eigenvalue weighted by Gasteiger charge is 2.10. The van der Waals surface area contributed by atoms with Gasteiger partial charge in [0.2, 0.25) is 0 Å². The number of amides is 1. The third-order valence-electron chi connectivity index (χ3n) is 2.55. The summed E-state index contributed by atoms with van der Waals surface area (Å²) in [7, 11) is 0. The molecule has 0 saturated carbocycles. The number of aromatic nitrogens is 2. The van der Waals surface area contributed by atoms with Gasteiger partial charge in [0.05, 0.1) is 6.61 Å². The molecule has 0 aliphatic carbocycles. The first kappa shape index (κ1) is 14.2. The molecule has 6 heteroatoms. The first-order valence-electron chi connectivity index (χ1n) is 5.99. The molecular weight excluding hydrogens is 274 g/mol. The van der Waals surface area contributed by atoms with Crippen molar-refractivity contribution in [2.45, 2.75) is 13.3 Å². The van der Waals surface area contributed by atoms with Gasteiger partial charge in [0.1, 0.15) is 0 Å². The highest BCUT2D eigenvalue weighted by atomic mass is 32.1. The Hall–Kier alpha value is -2.23. The number of rotatable bonds is 3. The van der Waals surface area contributed by atoms with Crippen molar-refractivity contribution in [3.05, 3.63) is 40.4 Å². The number of carbonyl (C=O) groups excluding carboxylic acids is 1. The quantitative estimate of drug-likeness (QED) is 0.845. The maximum absolute atomic E-state index is 11.9. The van der Waals surface area contributed by atoms with E-state index >= 15 is 0 Å². The average Bonchev–Trinajstić information content (AvgIpc) is 2.97. The van der Waals surface area contributed by atoms with Crippen molar-refractivity contribution in [3.8, 4) is 11.8 Å². The minimum absolute atomic E-state index is 0.0410.